The van der Waals surface area contributed by atoms with E-state index in [1.807, 2.05) is 0 Å². The summed E-state index contributed by atoms with van der Waals surface area (Å²) in [7, 11) is 1.78. The second-order valence-corrected chi connectivity index (χ2v) is 4.43. The average molecular weight is 157 g/mol. The largest absolute Gasteiger partial charge is 0.381 e. The van der Waals surface area contributed by atoms with Crippen LogP contribution >= 0.6 is 0 Å². The molecule has 0 spiro atoms. The molecule has 1 saturated carbocycles. The van der Waals surface area contributed by atoms with Crippen molar-refractivity contribution in [1.82, 2.24) is 0 Å². The first-order valence-electron chi connectivity index (χ1n) is 4.32. The van der Waals surface area contributed by atoms with Crippen LogP contribution in [0.25, 0.3) is 0 Å². The molecule has 0 aromatic rings. The molecule has 11 heavy (non-hydrogen) atoms. The summed E-state index contributed by atoms with van der Waals surface area (Å²) in [5.74, 6) is 0. The fourth-order valence-electron chi connectivity index (χ4n) is 2.09. The molecule has 1 fully saturated rings. The van der Waals surface area contributed by atoms with Gasteiger partial charge in [0.2, 0.25) is 0 Å². The summed E-state index contributed by atoms with van der Waals surface area (Å²) in [5, 5.41) is 0. The molecule has 0 bridgehead atoms. The van der Waals surface area contributed by atoms with E-state index in [0.717, 1.165) is 19.3 Å². The van der Waals surface area contributed by atoms with Crippen LogP contribution in [0.3, 0.4) is 0 Å². The zero-order valence-electron chi connectivity index (χ0n) is 7.76. The van der Waals surface area contributed by atoms with Gasteiger partial charge in [0.15, 0.2) is 0 Å². The first-order chi connectivity index (χ1) is 5.03. The third-order valence-electron chi connectivity index (χ3n) is 2.49. The molecule has 0 amide bonds. The van der Waals surface area contributed by atoms with Crippen molar-refractivity contribution in [3.05, 3.63) is 0 Å². The van der Waals surface area contributed by atoms with Gasteiger partial charge in [-0.3, -0.25) is 0 Å². The molecule has 66 valence electrons. The van der Waals surface area contributed by atoms with Crippen LogP contribution in [0.2, 0.25) is 0 Å². The van der Waals surface area contributed by atoms with Crippen LogP contribution in [-0.4, -0.2) is 19.3 Å². The van der Waals surface area contributed by atoms with Crippen molar-refractivity contribution in [2.45, 2.75) is 45.3 Å². The SMILES string of the molecule is CO[C@@H]1CC(N)CC(C)(C)C1. The molecule has 2 atom stereocenters. The molecule has 2 heteroatoms. The molecule has 0 aliphatic heterocycles. The van der Waals surface area contributed by atoms with Gasteiger partial charge in [0.05, 0.1) is 6.10 Å². The van der Waals surface area contributed by atoms with Crippen LogP contribution in [0.5, 0.6) is 0 Å². The molecule has 0 aromatic carbocycles. The number of ether oxygens (including phenoxy) is 1. The molecule has 1 aliphatic rings. The van der Waals surface area contributed by atoms with E-state index in [4.69, 9.17) is 10.5 Å². The lowest BCUT2D eigenvalue weighted by molar-refractivity contribution is 0.0179. The summed E-state index contributed by atoms with van der Waals surface area (Å²) in [6.45, 7) is 4.52. The molecule has 2 N–H and O–H groups in total. The quantitative estimate of drug-likeness (QED) is 0.626. The molecule has 1 rings (SSSR count). The van der Waals surface area contributed by atoms with Crippen molar-refractivity contribution in [3.8, 4) is 0 Å². The van der Waals surface area contributed by atoms with Crippen molar-refractivity contribution >= 4 is 0 Å². The Morgan fingerprint density at radius 1 is 1.36 bits per heavy atom. The second-order valence-electron chi connectivity index (χ2n) is 4.43. The molecule has 0 saturated heterocycles. The topological polar surface area (TPSA) is 35.2 Å². The summed E-state index contributed by atoms with van der Waals surface area (Å²) in [5.41, 5.74) is 6.27. The Bertz CT molecular complexity index is 134. The van der Waals surface area contributed by atoms with E-state index in [9.17, 15) is 0 Å². The molecule has 1 aliphatic carbocycles. The van der Waals surface area contributed by atoms with Gasteiger partial charge in [0.25, 0.3) is 0 Å². The third-order valence-corrected chi connectivity index (χ3v) is 2.49. The average Bonchev–Trinajstić information content (AvgIpc) is 1.83. The lowest BCUT2D eigenvalue weighted by Gasteiger charge is -2.37. The molecule has 0 aromatic heterocycles. The van der Waals surface area contributed by atoms with Gasteiger partial charge in [-0.2, -0.15) is 0 Å². The van der Waals surface area contributed by atoms with Crippen molar-refractivity contribution in [3.63, 3.8) is 0 Å². The number of hydrogen-bond donors (Lipinski definition) is 1. The molecule has 2 nitrogen and oxygen atoms in total. The van der Waals surface area contributed by atoms with Gasteiger partial charge in [0, 0.05) is 13.2 Å². The summed E-state index contributed by atoms with van der Waals surface area (Å²) < 4.78 is 5.32. The Balaban J connectivity index is 2.51. The first-order valence-corrected chi connectivity index (χ1v) is 4.32. The fraction of sp³-hybridized carbons (Fsp3) is 1.00. The van der Waals surface area contributed by atoms with Gasteiger partial charge in [0.1, 0.15) is 0 Å². The van der Waals surface area contributed by atoms with E-state index in [1.54, 1.807) is 7.11 Å². The molecular formula is C9H19NO. The normalized spacial score (nSPS) is 37.1. The predicted molar refractivity (Wildman–Crippen MR) is 46.4 cm³/mol. The van der Waals surface area contributed by atoms with Crippen LogP contribution in [0.1, 0.15) is 33.1 Å². The predicted octanol–water partition coefficient (Wildman–Crippen LogP) is 1.54. The Hall–Kier alpha value is -0.0800. The highest BCUT2D eigenvalue weighted by Gasteiger charge is 2.32. The van der Waals surface area contributed by atoms with Crippen LogP contribution < -0.4 is 5.73 Å². The van der Waals surface area contributed by atoms with Gasteiger partial charge in [-0.15, -0.1) is 0 Å². The monoisotopic (exact) mass is 157 g/mol. The second kappa shape index (κ2) is 3.11. The van der Waals surface area contributed by atoms with Gasteiger partial charge < -0.3 is 10.5 Å². The van der Waals surface area contributed by atoms with E-state index in [1.165, 1.54) is 0 Å². The smallest absolute Gasteiger partial charge is 0.0591 e. The van der Waals surface area contributed by atoms with Gasteiger partial charge in [-0.1, -0.05) is 13.8 Å². The van der Waals surface area contributed by atoms with Gasteiger partial charge in [-0.25, -0.2) is 0 Å². The highest BCUT2D eigenvalue weighted by atomic mass is 16.5. The lowest BCUT2D eigenvalue weighted by atomic mass is 9.74. The number of nitrogens with two attached hydrogens (primary N) is 1. The van der Waals surface area contributed by atoms with Gasteiger partial charge in [-0.05, 0) is 24.7 Å². The standard InChI is InChI=1S/C9H19NO/c1-9(2)5-7(10)4-8(6-9)11-3/h7-8H,4-6,10H2,1-3H3/t7?,8-/m1/s1. The molecule has 1 unspecified atom stereocenters. The molecular weight excluding hydrogens is 138 g/mol. The van der Waals surface area contributed by atoms with Crippen LogP contribution in [0, 0.1) is 5.41 Å². The van der Waals surface area contributed by atoms with E-state index in [2.05, 4.69) is 13.8 Å². The minimum absolute atomic E-state index is 0.337. The Morgan fingerprint density at radius 3 is 2.45 bits per heavy atom. The van der Waals surface area contributed by atoms with E-state index < -0.39 is 0 Å². The van der Waals surface area contributed by atoms with Crippen LogP contribution in [0.15, 0.2) is 0 Å². The number of methoxy groups -OCH3 is 1. The van der Waals surface area contributed by atoms with E-state index >= 15 is 0 Å². The Kier molecular flexibility index (Phi) is 2.55. The number of rotatable bonds is 1. The maximum absolute atomic E-state index is 5.90. The van der Waals surface area contributed by atoms with Crippen molar-refractivity contribution in [2.24, 2.45) is 11.1 Å². The van der Waals surface area contributed by atoms with Crippen LogP contribution in [-0.2, 0) is 4.74 Å². The highest BCUT2D eigenvalue weighted by Crippen LogP contribution is 2.35. The van der Waals surface area contributed by atoms with Crippen LogP contribution in [0.4, 0.5) is 0 Å². The fourth-order valence-corrected chi connectivity index (χ4v) is 2.09. The zero-order chi connectivity index (χ0) is 8.48. The Morgan fingerprint density at radius 2 is 2.00 bits per heavy atom. The lowest BCUT2D eigenvalue weighted by Crippen LogP contribution is -2.40. The minimum Gasteiger partial charge on any atom is -0.381 e. The summed E-state index contributed by atoms with van der Waals surface area (Å²) in [6.07, 6.45) is 3.69. The third kappa shape index (κ3) is 2.46. The minimum atomic E-state index is 0.337. The summed E-state index contributed by atoms with van der Waals surface area (Å²) in [6, 6.07) is 0.337. The van der Waals surface area contributed by atoms with E-state index in [0.29, 0.717) is 17.6 Å². The van der Waals surface area contributed by atoms with Crippen molar-refractivity contribution in [2.75, 3.05) is 7.11 Å². The zero-order valence-corrected chi connectivity index (χ0v) is 7.76. The first kappa shape index (κ1) is 9.01. The van der Waals surface area contributed by atoms with Crippen molar-refractivity contribution < 1.29 is 4.74 Å². The summed E-state index contributed by atoms with van der Waals surface area (Å²) >= 11 is 0. The maximum Gasteiger partial charge on any atom is 0.0591 e. The summed E-state index contributed by atoms with van der Waals surface area (Å²) in [4.78, 5) is 0. The van der Waals surface area contributed by atoms with E-state index in [-0.39, 0.29) is 0 Å². The molecule has 0 heterocycles. The molecule has 0 radical (unpaired) electrons. The highest BCUT2D eigenvalue weighted by molar-refractivity contribution is 4.86. The van der Waals surface area contributed by atoms with Crippen molar-refractivity contribution in [1.29, 1.82) is 0 Å². The van der Waals surface area contributed by atoms with Gasteiger partial charge >= 0.3 is 0 Å². The Labute approximate surface area is 69.1 Å². The number of hydrogen-bond acceptors (Lipinski definition) is 2. The maximum atomic E-state index is 5.90.